The van der Waals surface area contributed by atoms with Gasteiger partial charge in [-0.05, 0) is 25.5 Å². The second-order valence-corrected chi connectivity index (χ2v) is 8.59. The predicted octanol–water partition coefficient (Wildman–Crippen LogP) is 6.40. The molecule has 25 heavy (non-hydrogen) atoms. The molecule has 0 unspecified atom stereocenters. The van der Waals surface area contributed by atoms with Crippen LogP contribution in [-0.2, 0) is 14.3 Å². The van der Waals surface area contributed by atoms with Gasteiger partial charge in [0.15, 0.2) is 0 Å². The van der Waals surface area contributed by atoms with Crippen molar-refractivity contribution < 1.29 is 12.6 Å². The van der Waals surface area contributed by atoms with Crippen LogP contribution in [0.15, 0.2) is 29.2 Å². The van der Waals surface area contributed by atoms with Crippen LogP contribution in [0, 0.1) is 6.92 Å². The lowest BCUT2D eigenvalue weighted by Gasteiger charge is -2.06. The van der Waals surface area contributed by atoms with Gasteiger partial charge in [-0.25, -0.2) is 0 Å². The molecule has 1 aromatic carbocycles. The number of rotatable bonds is 15. The van der Waals surface area contributed by atoms with Gasteiger partial charge < -0.3 is 0 Å². The number of benzene rings is 1. The first-order valence-corrected chi connectivity index (χ1v) is 11.4. The minimum atomic E-state index is -3.59. The highest BCUT2D eigenvalue weighted by Crippen LogP contribution is 2.15. The third-order valence-electron chi connectivity index (χ3n) is 4.55. The molecule has 4 heteroatoms. The summed E-state index contributed by atoms with van der Waals surface area (Å²) in [5.74, 6) is 0. The number of hydrogen-bond donors (Lipinski definition) is 0. The zero-order chi connectivity index (χ0) is 18.4. The largest absolute Gasteiger partial charge is 0.296 e. The van der Waals surface area contributed by atoms with E-state index in [1.807, 2.05) is 6.92 Å². The van der Waals surface area contributed by atoms with Gasteiger partial charge in [-0.2, -0.15) is 8.42 Å². The van der Waals surface area contributed by atoms with E-state index in [4.69, 9.17) is 4.18 Å². The van der Waals surface area contributed by atoms with E-state index in [9.17, 15) is 8.42 Å². The molecule has 0 aliphatic rings. The van der Waals surface area contributed by atoms with E-state index in [1.165, 1.54) is 64.2 Å². The molecule has 0 aliphatic heterocycles. The summed E-state index contributed by atoms with van der Waals surface area (Å²) in [7, 11) is -3.59. The maximum Gasteiger partial charge on any atom is 0.296 e. The van der Waals surface area contributed by atoms with Crippen LogP contribution >= 0.6 is 0 Å². The Hall–Kier alpha value is -0.870. The highest BCUT2D eigenvalue weighted by atomic mass is 32.2. The molecule has 0 aliphatic carbocycles. The van der Waals surface area contributed by atoms with Gasteiger partial charge in [0.2, 0.25) is 0 Å². The van der Waals surface area contributed by atoms with Crippen molar-refractivity contribution in [2.24, 2.45) is 0 Å². The Labute approximate surface area is 155 Å². The van der Waals surface area contributed by atoms with Gasteiger partial charge in [0, 0.05) is 0 Å². The Bertz CT molecular complexity index is 535. The quantitative estimate of drug-likeness (QED) is 0.266. The van der Waals surface area contributed by atoms with E-state index in [1.54, 1.807) is 24.3 Å². The SMILES string of the molecule is CCCCCCCCCCCCCCOS(=O)(=O)c1ccc(C)cc1. The molecule has 0 spiro atoms. The van der Waals surface area contributed by atoms with Crippen LogP contribution in [0.5, 0.6) is 0 Å². The maximum atomic E-state index is 12.0. The Balaban J connectivity index is 1.97. The molecule has 3 nitrogen and oxygen atoms in total. The summed E-state index contributed by atoms with van der Waals surface area (Å²) in [5.41, 5.74) is 1.04. The average Bonchev–Trinajstić information content (AvgIpc) is 2.59. The molecule has 0 atom stereocenters. The summed E-state index contributed by atoms with van der Waals surface area (Å²) in [4.78, 5) is 0.247. The van der Waals surface area contributed by atoms with Crippen LogP contribution in [0.1, 0.15) is 89.5 Å². The van der Waals surface area contributed by atoms with Crippen LogP contribution in [0.3, 0.4) is 0 Å². The van der Waals surface area contributed by atoms with Crippen LogP contribution in [0.25, 0.3) is 0 Å². The lowest BCUT2D eigenvalue weighted by molar-refractivity contribution is 0.306. The first-order chi connectivity index (χ1) is 12.1. The molecule has 0 heterocycles. The molecule has 0 radical (unpaired) electrons. The van der Waals surface area contributed by atoms with Gasteiger partial charge >= 0.3 is 0 Å². The standard InChI is InChI=1S/C21H36O3S/c1-3-4-5-6-7-8-9-10-11-12-13-14-19-24-25(22,23)21-17-15-20(2)16-18-21/h15-18H,3-14,19H2,1-2H3. The Morgan fingerprint density at radius 2 is 1.16 bits per heavy atom. The van der Waals surface area contributed by atoms with Gasteiger partial charge in [-0.3, -0.25) is 4.18 Å². The highest BCUT2D eigenvalue weighted by Gasteiger charge is 2.14. The molecule has 1 aromatic rings. The molecule has 0 amide bonds. The normalized spacial score (nSPS) is 11.8. The van der Waals surface area contributed by atoms with E-state index >= 15 is 0 Å². The van der Waals surface area contributed by atoms with Crippen molar-refractivity contribution in [2.45, 2.75) is 95.8 Å². The van der Waals surface area contributed by atoms with Crippen LogP contribution in [-0.4, -0.2) is 15.0 Å². The first-order valence-electron chi connectivity index (χ1n) is 10.0. The smallest absolute Gasteiger partial charge is 0.266 e. The van der Waals surface area contributed by atoms with Gasteiger partial charge in [0.05, 0.1) is 11.5 Å². The van der Waals surface area contributed by atoms with Crippen molar-refractivity contribution >= 4 is 10.1 Å². The van der Waals surface area contributed by atoms with Crippen molar-refractivity contribution in [3.05, 3.63) is 29.8 Å². The van der Waals surface area contributed by atoms with Crippen LogP contribution in [0.2, 0.25) is 0 Å². The summed E-state index contributed by atoms with van der Waals surface area (Å²) in [6, 6.07) is 6.79. The molecule has 0 aromatic heterocycles. The molecule has 0 bridgehead atoms. The zero-order valence-corrected chi connectivity index (χ0v) is 17.0. The Morgan fingerprint density at radius 3 is 1.64 bits per heavy atom. The van der Waals surface area contributed by atoms with E-state index in [0.29, 0.717) is 0 Å². The fourth-order valence-corrected chi connectivity index (χ4v) is 3.83. The number of unbranched alkanes of at least 4 members (excludes halogenated alkanes) is 11. The Kier molecular flexibility index (Phi) is 11.8. The maximum absolute atomic E-state index is 12.0. The first kappa shape index (κ1) is 22.2. The van der Waals surface area contributed by atoms with Crippen LogP contribution < -0.4 is 0 Å². The van der Waals surface area contributed by atoms with E-state index in [2.05, 4.69) is 6.92 Å². The molecular weight excluding hydrogens is 332 g/mol. The van der Waals surface area contributed by atoms with E-state index in [0.717, 1.165) is 18.4 Å². The zero-order valence-electron chi connectivity index (χ0n) is 16.1. The fourth-order valence-electron chi connectivity index (χ4n) is 2.88. The van der Waals surface area contributed by atoms with Gasteiger partial charge in [-0.1, -0.05) is 95.2 Å². The molecule has 0 fully saturated rings. The highest BCUT2D eigenvalue weighted by molar-refractivity contribution is 7.86. The summed E-state index contributed by atoms with van der Waals surface area (Å²) >= 11 is 0. The topological polar surface area (TPSA) is 43.4 Å². The second-order valence-electron chi connectivity index (χ2n) is 6.98. The third kappa shape index (κ3) is 10.7. The molecular formula is C21H36O3S. The van der Waals surface area contributed by atoms with Gasteiger partial charge in [-0.15, -0.1) is 0 Å². The molecule has 0 saturated carbocycles. The minimum absolute atomic E-state index is 0.247. The summed E-state index contributed by atoms with van der Waals surface area (Å²) in [6.07, 6.45) is 15.1. The van der Waals surface area contributed by atoms with Crippen molar-refractivity contribution in [1.82, 2.24) is 0 Å². The van der Waals surface area contributed by atoms with Crippen LogP contribution in [0.4, 0.5) is 0 Å². The summed E-state index contributed by atoms with van der Waals surface area (Å²) in [5, 5.41) is 0. The number of aryl methyl sites for hydroxylation is 1. The molecule has 0 saturated heterocycles. The van der Waals surface area contributed by atoms with Gasteiger partial charge in [0.25, 0.3) is 10.1 Å². The fraction of sp³-hybridized carbons (Fsp3) is 0.714. The lowest BCUT2D eigenvalue weighted by Crippen LogP contribution is -2.07. The Morgan fingerprint density at radius 1 is 0.720 bits per heavy atom. The van der Waals surface area contributed by atoms with Crippen molar-refractivity contribution in [3.63, 3.8) is 0 Å². The predicted molar refractivity (Wildman–Crippen MR) is 105 cm³/mol. The van der Waals surface area contributed by atoms with Crippen molar-refractivity contribution in [2.75, 3.05) is 6.61 Å². The monoisotopic (exact) mass is 368 g/mol. The van der Waals surface area contributed by atoms with E-state index in [-0.39, 0.29) is 11.5 Å². The van der Waals surface area contributed by atoms with E-state index < -0.39 is 10.1 Å². The lowest BCUT2D eigenvalue weighted by atomic mass is 10.1. The summed E-state index contributed by atoms with van der Waals surface area (Å²) < 4.78 is 29.2. The van der Waals surface area contributed by atoms with Gasteiger partial charge in [0.1, 0.15) is 0 Å². The molecule has 0 N–H and O–H groups in total. The van der Waals surface area contributed by atoms with Crippen molar-refractivity contribution in [1.29, 1.82) is 0 Å². The average molecular weight is 369 g/mol. The van der Waals surface area contributed by atoms with Crippen molar-refractivity contribution in [3.8, 4) is 0 Å². The molecule has 1 rings (SSSR count). The third-order valence-corrected chi connectivity index (χ3v) is 5.87. The minimum Gasteiger partial charge on any atom is -0.266 e. The second kappa shape index (κ2) is 13.3. The molecule has 144 valence electrons. The summed E-state index contributed by atoms with van der Waals surface area (Å²) in [6.45, 7) is 4.47. The number of hydrogen-bond acceptors (Lipinski definition) is 3.